The van der Waals surface area contributed by atoms with Crippen LogP contribution in [0, 0.1) is 0 Å². The number of nitrogens with zero attached hydrogens (tertiary/aromatic N) is 3. The first kappa shape index (κ1) is 14.4. The van der Waals surface area contributed by atoms with E-state index in [1.165, 1.54) is 7.11 Å². The summed E-state index contributed by atoms with van der Waals surface area (Å²) in [6.07, 6.45) is 0.148. The second-order valence-corrected chi connectivity index (χ2v) is 4.30. The molecule has 0 saturated heterocycles. The lowest BCUT2D eigenvalue weighted by molar-refractivity contribution is 0.0935. The summed E-state index contributed by atoms with van der Waals surface area (Å²) < 4.78 is 10.4. The van der Waals surface area contributed by atoms with Gasteiger partial charge in [0.2, 0.25) is 11.9 Å². The first-order valence-corrected chi connectivity index (χ1v) is 5.93. The van der Waals surface area contributed by atoms with Crippen LogP contribution < -0.4 is 15.4 Å². The lowest BCUT2D eigenvalue weighted by atomic mass is 10.4. The Hall–Kier alpha value is -1.63. The van der Waals surface area contributed by atoms with E-state index in [9.17, 15) is 0 Å². The second kappa shape index (κ2) is 6.95. The molecule has 1 aromatic rings. The monoisotopic (exact) mass is 255 g/mol. The number of nitrogens with one attached hydrogen (secondary N) is 2. The summed E-state index contributed by atoms with van der Waals surface area (Å²) in [5.41, 5.74) is 0. The van der Waals surface area contributed by atoms with E-state index in [0.717, 1.165) is 0 Å². The summed E-state index contributed by atoms with van der Waals surface area (Å²) in [6, 6.07) is 0.497. The SMILES string of the molecule is COc1nc(NCOC(C)C)nc(NC(C)C)n1. The maximum atomic E-state index is 5.37. The van der Waals surface area contributed by atoms with Crippen molar-refractivity contribution in [3.05, 3.63) is 0 Å². The highest BCUT2D eigenvalue weighted by Crippen LogP contribution is 2.11. The summed E-state index contributed by atoms with van der Waals surface area (Å²) in [5, 5.41) is 6.06. The molecule has 0 aromatic carbocycles. The van der Waals surface area contributed by atoms with Gasteiger partial charge in [0.15, 0.2) is 0 Å². The van der Waals surface area contributed by atoms with Crippen molar-refractivity contribution in [3.8, 4) is 6.01 Å². The van der Waals surface area contributed by atoms with E-state index in [-0.39, 0.29) is 18.2 Å². The maximum absolute atomic E-state index is 5.37. The van der Waals surface area contributed by atoms with Crippen LogP contribution in [-0.4, -0.2) is 40.9 Å². The largest absolute Gasteiger partial charge is 0.467 e. The molecule has 7 heteroatoms. The molecule has 102 valence electrons. The van der Waals surface area contributed by atoms with Gasteiger partial charge in [0.25, 0.3) is 0 Å². The molecule has 0 aliphatic rings. The fraction of sp³-hybridized carbons (Fsp3) is 0.727. The van der Waals surface area contributed by atoms with Gasteiger partial charge in [-0.15, -0.1) is 0 Å². The molecule has 0 bridgehead atoms. The molecule has 2 N–H and O–H groups in total. The maximum Gasteiger partial charge on any atom is 0.322 e. The summed E-state index contributed by atoms with van der Waals surface area (Å²) in [7, 11) is 1.52. The molecule has 0 fully saturated rings. The Morgan fingerprint density at radius 1 is 1.06 bits per heavy atom. The Labute approximate surface area is 107 Å². The highest BCUT2D eigenvalue weighted by molar-refractivity contribution is 5.36. The van der Waals surface area contributed by atoms with Crippen molar-refractivity contribution in [1.29, 1.82) is 0 Å². The Bertz CT molecular complexity index is 370. The summed E-state index contributed by atoms with van der Waals surface area (Å²) in [6.45, 7) is 8.27. The van der Waals surface area contributed by atoms with Crippen LogP contribution in [0.5, 0.6) is 6.01 Å². The van der Waals surface area contributed by atoms with Crippen LogP contribution in [0.15, 0.2) is 0 Å². The van der Waals surface area contributed by atoms with Crippen molar-refractivity contribution in [3.63, 3.8) is 0 Å². The van der Waals surface area contributed by atoms with Crippen molar-refractivity contribution >= 4 is 11.9 Å². The molecule has 0 spiro atoms. The molecule has 1 heterocycles. The van der Waals surface area contributed by atoms with Gasteiger partial charge in [-0.1, -0.05) is 0 Å². The summed E-state index contributed by atoms with van der Waals surface area (Å²) >= 11 is 0. The highest BCUT2D eigenvalue weighted by Gasteiger charge is 2.07. The first-order chi connectivity index (χ1) is 8.51. The van der Waals surface area contributed by atoms with Gasteiger partial charge in [-0.05, 0) is 27.7 Å². The Kier molecular flexibility index (Phi) is 5.57. The molecule has 0 atom stereocenters. The Balaban J connectivity index is 2.70. The van der Waals surface area contributed by atoms with Crippen molar-refractivity contribution in [1.82, 2.24) is 15.0 Å². The van der Waals surface area contributed by atoms with Gasteiger partial charge in [0, 0.05) is 6.04 Å². The number of hydrogen-bond acceptors (Lipinski definition) is 7. The van der Waals surface area contributed by atoms with Crippen LogP contribution in [-0.2, 0) is 4.74 Å². The molecular formula is C11H21N5O2. The van der Waals surface area contributed by atoms with E-state index in [1.54, 1.807) is 0 Å². The van der Waals surface area contributed by atoms with Crippen molar-refractivity contribution in [2.45, 2.75) is 39.8 Å². The molecule has 0 saturated carbocycles. The van der Waals surface area contributed by atoms with Crippen molar-refractivity contribution in [2.75, 3.05) is 24.5 Å². The van der Waals surface area contributed by atoms with E-state index >= 15 is 0 Å². The first-order valence-electron chi connectivity index (χ1n) is 5.93. The third-order valence-electron chi connectivity index (χ3n) is 1.86. The van der Waals surface area contributed by atoms with Crippen LogP contribution in [0.2, 0.25) is 0 Å². The molecule has 1 rings (SSSR count). The molecule has 1 aromatic heterocycles. The van der Waals surface area contributed by atoms with Gasteiger partial charge in [-0.2, -0.15) is 15.0 Å². The normalized spacial score (nSPS) is 10.8. The van der Waals surface area contributed by atoms with Crippen LogP contribution in [0.25, 0.3) is 0 Å². The number of anilines is 2. The number of methoxy groups -OCH3 is 1. The second-order valence-electron chi connectivity index (χ2n) is 4.30. The number of hydrogen-bond donors (Lipinski definition) is 2. The number of ether oxygens (including phenoxy) is 2. The van der Waals surface area contributed by atoms with Crippen molar-refractivity contribution in [2.24, 2.45) is 0 Å². The van der Waals surface area contributed by atoms with Gasteiger partial charge in [0.05, 0.1) is 13.2 Å². The highest BCUT2D eigenvalue weighted by atomic mass is 16.5. The molecule has 0 radical (unpaired) electrons. The van der Waals surface area contributed by atoms with Crippen molar-refractivity contribution < 1.29 is 9.47 Å². The molecule has 18 heavy (non-hydrogen) atoms. The van der Waals surface area contributed by atoms with Gasteiger partial charge in [0.1, 0.15) is 6.73 Å². The van der Waals surface area contributed by atoms with E-state index in [0.29, 0.717) is 18.6 Å². The number of rotatable bonds is 7. The van der Waals surface area contributed by atoms with Crippen LogP contribution in [0.3, 0.4) is 0 Å². The van der Waals surface area contributed by atoms with Gasteiger partial charge in [-0.25, -0.2) is 0 Å². The minimum absolute atomic E-state index is 0.148. The van der Waals surface area contributed by atoms with Gasteiger partial charge in [-0.3, -0.25) is 0 Å². The molecule has 0 aliphatic heterocycles. The lowest BCUT2D eigenvalue weighted by Crippen LogP contribution is -2.17. The fourth-order valence-corrected chi connectivity index (χ4v) is 1.12. The predicted octanol–water partition coefficient (Wildman–Crippen LogP) is 1.49. The average molecular weight is 255 g/mol. The topological polar surface area (TPSA) is 81.2 Å². The minimum Gasteiger partial charge on any atom is -0.467 e. The third kappa shape index (κ3) is 5.13. The molecule has 7 nitrogen and oxygen atoms in total. The third-order valence-corrected chi connectivity index (χ3v) is 1.86. The average Bonchev–Trinajstić information content (AvgIpc) is 2.27. The molecule has 0 aliphatic carbocycles. The predicted molar refractivity (Wildman–Crippen MR) is 69.8 cm³/mol. The molecule has 0 unspecified atom stereocenters. The smallest absolute Gasteiger partial charge is 0.322 e. The van der Waals surface area contributed by atoms with Crippen LogP contribution in [0.1, 0.15) is 27.7 Å². The van der Waals surface area contributed by atoms with E-state index in [2.05, 4.69) is 25.6 Å². The quantitative estimate of drug-likeness (QED) is 0.714. The van der Waals surface area contributed by atoms with E-state index < -0.39 is 0 Å². The van der Waals surface area contributed by atoms with E-state index in [1.807, 2.05) is 27.7 Å². The fourth-order valence-electron chi connectivity index (χ4n) is 1.12. The zero-order valence-corrected chi connectivity index (χ0v) is 11.5. The van der Waals surface area contributed by atoms with Gasteiger partial charge >= 0.3 is 6.01 Å². The molecular weight excluding hydrogens is 234 g/mol. The standard InChI is InChI=1S/C11H21N5O2/c1-7(2)13-10-14-9(12-6-18-8(3)4)15-11(16-10)17-5/h7-8H,6H2,1-5H3,(H2,12,13,14,15,16). The lowest BCUT2D eigenvalue weighted by Gasteiger charge is -2.12. The number of aromatic nitrogens is 3. The summed E-state index contributed by atoms with van der Waals surface area (Å²) in [4.78, 5) is 12.4. The van der Waals surface area contributed by atoms with Crippen LogP contribution in [0.4, 0.5) is 11.9 Å². The van der Waals surface area contributed by atoms with Crippen LogP contribution >= 0.6 is 0 Å². The Morgan fingerprint density at radius 2 is 1.72 bits per heavy atom. The van der Waals surface area contributed by atoms with E-state index in [4.69, 9.17) is 9.47 Å². The Morgan fingerprint density at radius 3 is 2.28 bits per heavy atom. The zero-order valence-electron chi connectivity index (χ0n) is 11.5. The summed E-state index contributed by atoms with van der Waals surface area (Å²) in [5.74, 6) is 0.898. The minimum atomic E-state index is 0.148. The zero-order chi connectivity index (χ0) is 13.5. The molecule has 0 amide bonds. The van der Waals surface area contributed by atoms with Gasteiger partial charge < -0.3 is 20.1 Å².